The third kappa shape index (κ3) is 4.05. The van der Waals surface area contributed by atoms with Gasteiger partial charge in [-0.05, 0) is 39.0 Å². The Morgan fingerprint density at radius 1 is 1.12 bits per heavy atom. The fourth-order valence-electron chi connectivity index (χ4n) is 3.20. The van der Waals surface area contributed by atoms with E-state index in [4.69, 9.17) is 9.47 Å². The minimum absolute atomic E-state index is 0.00136. The van der Waals surface area contributed by atoms with Crippen LogP contribution in [0.4, 0.5) is 0 Å². The van der Waals surface area contributed by atoms with E-state index in [1.165, 1.54) is 19.8 Å². The summed E-state index contributed by atoms with van der Waals surface area (Å²) in [5.74, 6) is 0.00924. The Morgan fingerprint density at radius 2 is 1.64 bits per heavy atom. The highest BCUT2D eigenvalue weighted by atomic mass is 16.5. The molecule has 0 aliphatic heterocycles. The van der Waals surface area contributed by atoms with Gasteiger partial charge in [-0.15, -0.1) is 0 Å². The number of rotatable bonds is 8. The molecule has 0 aromatic rings. The highest BCUT2D eigenvalue weighted by Gasteiger charge is 2.42. The highest BCUT2D eigenvalue weighted by molar-refractivity contribution is 6.23. The first-order chi connectivity index (χ1) is 11.7. The third-order valence-corrected chi connectivity index (χ3v) is 5.62. The van der Waals surface area contributed by atoms with E-state index in [0.717, 1.165) is 12.8 Å². The average molecular weight is 348 g/mol. The molecule has 0 spiro atoms. The standard InChI is InChI=1S/C21H32O4/c1-9-13(3)14(4)11-12-21(6,10-2)16-15(5)17(22)19(24-7)20(25-8)18(16)23/h11,13H,9-10,12H2,1-8H3/b14-11+. The molecule has 1 aliphatic rings. The van der Waals surface area contributed by atoms with Crippen molar-refractivity contribution in [2.75, 3.05) is 14.2 Å². The van der Waals surface area contributed by atoms with Gasteiger partial charge in [0.15, 0.2) is 0 Å². The lowest BCUT2D eigenvalue weighted by Gasteiger charge is -2.34. The summed E-state index contributed by atoms with van der Waals surface area (Å²) in [4.78, 5) is 25.7. The fraction of sp³-hybridized carbons (Fsp3) is 0.619. The Bertz CT molecular complexity index is 636. The molecule has 25 heavy (non-hydrogen) atoms. The molecule has 0 saturated heterocycles. The molecule has 0 saturated carbocycles. The smallest absolute Gasteiger partial charge is 0.228 e. The van der Waals surface area contributed by atoms with Crippen molar-refractivity contribution in [3.8, 4) is 0 Å². The van der Waals surface area contributed by atoms with E-state index in [1.807, 2.05) is 13.8 Å². The number of ketones is 2. The van der Waals surface area contributed by atoms with Crippen LogP contribution in [0, 0.1) is 11.3 Å². The van der Waals surface area contributed by atoms with Gasteiger partial charge in [0.2, 0.25) is 23.1 Å². The molecule has 2 unspecified atom stereocenters. The maximum atomic E-state index is 13.0. The summed E-state index contributed by atoms with van der Waals surface area (Å²) in [5.41, 5.74) is 1.90. The molecule has 0 bridgehead atoms. The molecule has 0 radical (unpaired) electrons. The molecule has 140 valence electrons. The van der Waals surface area contributed by atoms with Gasteiger partial charge in [0.25, 0.3) is 0 Å². The summed E-state index contributed by atoms with van der Waals surface area (Å²) in [6.45, 7) is 12.3. The molecule has 0 heterocycles. The van der Waals surface area contributed by atoms with Crippen molar-refractivity contribution in [2.24, 2.45) is 11.3 Å². The molecule has 4 heteroatoms. The van der Waals surface area contributed by atoms with Crippen LogP contribution in [0.3, 0.4) is 0 Å². The Hall–Kier alpha value is -1.84. The summed E-state index contributed by atoms with van der Waals surface area (Å²) in [6.07, 6.45) is 4.75. The maximum Gasteiger partial charge on any atom is 0.228 e. The first-order valence-electron chi connectivity index (χ1n) is 8.98. The summed E-state index contributed by atoms with van der Waals surface area (Å²) >= 11 is 0. The lowest BCUT2D eigenvalue weighted by Crippen LogP contribution is -2.33. The van der Waals surface area contributed by atoms with Crippen molar-refractivity contribution in [1.29, 1.82) is 0 Å². The Kier molecular flexibility index (Phi) is 7.21. The largest absolute Gasteiger partial charge is 0.489 e. The molecule has 0 fully saturated rings. The summed E-state index contributed by atoms with van der Waals surface area (Å²) in [7, 11) is 2.78. The van der Waals surface area contributed by atoms with Crippen LogP contribution in [0.1, 0.15) is 60.8 Å². The van der Waals surface area contributed by atoms with Crippen LogP contribution in [0.5, 0.6) is 0 Å². The highest BCUT2D eigenvalue weighted by Crippen LogP contribution is 2.42. The fourth-order valence-corrected chi connectivity index (χ4v) is 3.20. The molecule has 0 aromatic carbocycles. The van der Waals surface area contributed by atoms with Crippen LogP contribution in [-0.4, -0.2) is 25.8 Å². The molecular formula is C21H32O4. The lowest BCUT2D eigenvalue weighted by molar-refractivity contribution is -0.122. The second-order valence-corrected chi connectivity index (χ2v) is 7.10. The van der Waals surface area contributed by atoms with Crippen molar-refractivity contribution in [2.45, 2.75) is 60.8 Å². The zero-order valence-electron chi connectivity index (χ0n) is 16.9. The van der Waals surface area contributed by atoms with E-state index in [-0.39, 0.29) is 23.1 Å². The summed E-state index contributed by atoms with van der Waals surface area (Å²) in [6, 6.07) is 0. The van der Waals surface area contributed by atoms with Gasteiger partial charge in [0, 0.05) is 16.6 Å². The van der Waals surface area contributed by atoms with E-state index in [9.17, 15) is 9.59 Å². The van der Waals surface area contributed by atoms with Crippen LogP contribution in [0.15, 0.2) is 34.3 Å². The third-order valence-electron chi connectivity index (χ3n) is 5.62. The second kappa shape index (κ2) is 8.50. The molecule has 0 aromatic heterocycles. The van der Waals surface area contributed by atoms with Gasteiger partial charge >= 0.3 is 0 Å². The van der Waals surface area contributed by atoms with Crippen LogP contribution >= 0.6 is 0 Å². The number of Topliss-reactive ketones (excluding diaryl/α,β-unsaturated/α-hetero) is 2. The molecule has 4 nitrogen and oxygen atoms in total. The van der Waals surface area contributed by atoms with E-state index >= 15 is 0 Å². The van der Waals surface area contributed by atoms with E-state index in [2.05, 4.69) is 26.8 Å². The van der Waals surface area contributed by atoms with Crippen molar-refractivity contribution in [1.82, 2.24) is 0 Å². The number of hydrogen-bond donors (Lipinski definition) is 0. The summed E-state index contributed by atoms with van der Waals surface area (Å²) in [5, 5.41) is 0. The second-order valence-electron chi connectivity index (χ2n) is 7.10. The SMILES string of the molecule is CCC(C)/C(C)=C/CC(C)(CC)C1=C(C)C(=O)C(OC)=C(OC)C1=O. The van der Waals surface area contributed by atoms with Crippen LogP contribution in [-0.2, 0) is 19.1 Å². The van der Waals surface area contributed by atoms with Gasteiger partial charge in [0.1, 0.15) is 0 Å². The first-order valence-corrected chi connectivity index (χ1v) is 8.98. The van der Waals surface area contributed by atoms with E-state index in [1.54, 1.807) is 6.92 Å². The Balaban J connectivity index is 3.36. The quantitative estimate of drug-likeness (QED) is 0.469. The topological polar surface area (TPSA) is 52.6 Å². The molecule has 0 amide bonds. The number of allylic oxidation sites excluding steroid dienone is 4. The number of methoxy groups -OCH3 is 2. The van der Waals surface area contributed by atoms with Gasteiger partial charge in [-0.3, -0.25) is 9.59 Å². The number of ether oxygens (including phenoxy) is 2. The first kappa shape index (κ1) is 21.2. The van der Waals surface area contributed by atoms with Crippen LogP contribution in [0.25, 0.3) is 0 Å². The van der Waals surface area contributed by atoms with E-state index in [0.29, 0.717) is 23.5 Å². The molecular weight excluding hydrogens is 316 g/mol. The van der Waals surface area contributed by atoms with E-state index < -0.39 is 5.41 Å². The van der Waals surface area contributed by atoms with Gasteiger partial charge in [-0.2, -0.15) is 0 Å². The monoisotopic (exact) mass is 348 g/mol. The van der Waals surface area contributed by atoms with Gasteiger partial charge < -0.3 is 9.47 Å². The van der Waals surface area contributed by atoms with Crippen molar-refractivity contribution < 1.29 is 19.1 Å². The zero-order valence-corrected chi connectivity index (χ0v) is 16.9. The van der Waals surface area contributed by atoms with Gasteiger partial charge in [0.05, 0.1) is 14.2 Å². The minimum atomic E-state index is -0.422. The number of hydrogen-bond acceptors (Lipinski definition) is 4. The molecule has 0 N–H and O–H groups in total. The summed E-state index contributed by atoms with van der Waals surface area (Å²) < 4.78 is 10.3. The van der Waals surface area contributed by atoms with Crippen LogP contribution in [0.2, 0.25) is 0 Å². The van der Waals surface area contributed by atoms with Crippen LogP contribution < -0.4 is 0 Å². The maximum absolute atomic E-state index is 13.0. The lowest BCUT2D eigenvalue weighted by atomic mass is 9.70. The molecule has 1 rings (SSSR count). The minimum Gasteiger partial charge on any atom is -0.489 e. The Morgan fingerprint density at radius 3 is 2.08 bits per heavy atom. The molecule has 1 aliphatic carbocycles. The number of carbonyl (C=O) groups is 2. The Labute approximate surface area is 152 Å². The van der Waals surface area contributed by atoms with Crippen molar-refractivity contribution in [3.63, 3.8) is 0 Å². The van der Waals surface area contributed by atoms with Crippen molar-refractivity contribution in [3.05, 3.63) is 34.3 Å². The van der Waals surface area contributed by atoms with Gasteiger partial charge in [-0.25, -0.2) is 0 Å². The molecule has 2 atom stereocenters. The normalized spacial score (nSPS) is 19.9. The number of carbonyl (C=O) groups excluding carboxylic acids is 2. The zero-order chi connectivity index (χ0) is 19.4. The van der Waals surface area contributed by atoms with Crippen molar-refractivity contribution >= 4 is 11.6 Å². The average Bonchev–Trinajstić information content (AvgIpc) is 2.61. The predicted octanol–water partition coefficient (Wildman–Crippen LogP) is 4.76. The van der Waals surface area contributed by atoms with Gasteiger partial charge in [-0.1, -0.05) is 39.3 Å². The predicted molar refractivity (Wildman–Crippen MR) is 100.0 cm³/mol.